The van der Waals surface area contributed by atoms with Crippen LogP contribution in [-0.4, -0.2) is 0 Å². The van der Waals surface area contributed by atoms with Gasteiger partial charge in [-0.05, 0) is 73.7 Å². The molecule has 0 aromatic heterocycles. The van der Waals surface area contributed by atoms with Gasteiger partial charge < -0.3 is 4.74 Å². The van der Waals surface area contributed by atoms with Crippen molar-refractivity contribution in [3.8, 4) is 17.9 Å². The molecule has 0 unspecified atom stereocenters. The van der Waals surface area contributed by atoms with Gasteiger partial charge in [0.1, 0.15) is 12.4 Å². The number of benzene rings is 4. The SMILES string of the molecule is N#C/C(=C/c1ccc(OCc2cccc3ccccc23)c(Br)c1)c1ccc(C#N)cc1. The summed E-state index contributed by atoms with van der Waals surface area (Å²) in [5.74, 6) is 0.738. The van der Waals surface area contributed by atoms with Crippen molar-refractivity contribution in [3.05, 3.63) is 112 Å². The molecule has 0 spiro atoms. The summed E-state index contributed by atoms with van der Waals surface area (Å²) < 4.78 is 6.88. The average molecular weight is 465 g/mol. The van der Waals surface area contributed by atoms with E-state index < -0.39 is 0 Å². The molecule has 148 valence electrons. The Morgan fingerprint density at radius 2 is 1.68 bits per heavy atom. The molecule has 0 bridgehead atoms. The maximum Gasteiger partial charge on any atom is 0.134 e. The molecule has 0 N–H and O–H groups in total. The quantitative estimate of drug-likeness (QED) is 0.233. The van der Waals surface area contributed by atoms with Crippen LogP contribution in [0.15, 0.2) is 89.4 Å². The lowest BCUT2D eigenvalue weighted by molar-refractivity contribution is 0.305. The van der Waals surface area contributed by atoms with Crippen molar-refractivity contribution in [1.82, 2.24) is 0 Å². The standard InChI is InChI=1S/C27H17BrN2O/c28-26-15-20(14-24(17-30)21-11-8-19(16-29)9-12-21)10-13-27(26)31-18-23-6-3-5-22-4-1-2-7-25(22)23/h1-15H,18H2/b24-14-. The van der Waals surface area contributed by atoms with E-state index in [1.165, 1.54) is 10.8 Å². The smallest absolute Gasteiger partial charge is 0.134 e. The van der Waals surface area contributed by atoms with Gasteiger partial charge in [-0.15, -0.1) is 0 Å². The highest BCUT2D eigenvalue weighted by molar-refractivity contribution is 9.10. The molecular formula is C27H17BrN2O. The lowest BCUT2D eigenvalue weighted by Gasteiger charge is -2.11. The second kappa shape index (κ2) is 9.30. The molecule has 3 nitrogen and oxygen atoms in total. The average Bonchev–Trinajstić information content (AvgIpc) is 2.82. The van der Waals surface area contributed by atoms with Crippen molar-refractivity contribution in [1.29, 1.82) is 10.5 Å². The fourth-order valence-electron chi connectivity index (χ4n) is 3.37. The normalized spacial score (nSPS) is 11.0. The van der Waals surface area contributed by atoms with Crippen LogP contribution in [0.4, 0.5) is 0 Å². The summed E-state index contributed by atoms with van der Waals surface area (Å²) >= 11 is 3.58. The van der Waals surface area contributed by atoms with E-state index in [2.05, 4.69) is 52.3 Å². The van der Waals surface area contributed by atoms with Crippen LogP contribution in [0, 0.1) is 22.7 Å². The minimum absolute atomic E-state index is 0.462. The van der Waals surface area contributed by atoms with Crippen molar-refractivity contribution in [2.75, 3.05) is 0 Å². The van der Waals surface area contributed by atoms with Gasteiger partial charge in [-0.1, -0.05) is 60.7 Å². The van der Waals surface area contributed by atoms with Crippen molar-refractivity contribution in [2.45, 2.75) is 6.61 Å². The van der Waals surface area contributed by atoms with Gasteiger partial charge in [0.25, 0.3) is 0 Å². The monoisotopic (exact) mass is 464 g/mol. The van der Waals surface area contributed by atoms with Crippen molar-refractivity contribution in [2.24, 2.45) is 0 Å². The minimum Gasteiger partial charge on any atom is -0.488 e. The Kier molecular flexibility index (Phi) is 6.13. The molecule has 4 aromatic rings. The van der Waals surface area contributed by atoms with Crippen LogP contribution in [0.5, 0.6) is 5.75 Å². The Morgan fingerprint density at radius 3 is 2.42 bits per heavy atom. The molecule has 0 atom stereocenters. The van der Waals surface area contributed by atoms with Gasteiger partial charge >= 0.3 is 0 Å². The molecule has 4 aromatic carbocycles. The van der Waals surface area contributed by atoms with Crippen molar-refractivity contribution < 1.29 is 4.74 Å². The first kappa shape index (κ1) is 20.4. The fraction of sp³-hybridized carbons (Fsp3) is 0.0370. The molecule has 0 radical (unpaired) electrons. The zero-order valence-corrected chi connectivity index (χ0v) is 18.1. The number of hydrogen-bond donors (Lipinski definition) is 0. The Hall–Kier alpha value is -3.86. The molecule has 0 heterocycles. The molecule has 0 amide bonds. The molecule has 4 rings (SSSR count). The van der Waals surface area contributed by atoms with Gasteiger partial charge in [0.2, 0.25) is 0 Å². The predicted molar refractivity (Wildman–Crippen MR) is 127 cm³/mol. The third-order valence-corrected chi connectivity index (χ3v) is 5.60. The van der Waals surface area contributed by atoms with E-state index in [0.717, 1.165) is 26.9 Å². The minimum atomic E-state index is 0.462. The first-order valence-corrected chi connectivity index (χ1v) is 10.5. The summed E-state index contributed by atoms with van der Waals surface area (Å²) in [5, 5.41) is 20.9. The zero-order valence-electron chi connectivity index (χ0n) is 16.5. The lowest BCUT2D eigenvalue weighted by Crippen LogP contribution is -1.97. The summed E-state index contributed by atoms with van der Waals surface area (Å²) in [6.45, 7) is 0.462. The Bertz CT molecular complexity index is 1350. The Balaban J connectivity index is 1.54. The van der Waals surface area contributed by atoms with E-state index in [4.69, 9.17) is 10.00 Å². The number of halogens is 1. The number of nitriles is 2. The molecule has 0 saturated heterocycles. The number of rotatable bonds is 5. The first-order valence-electron chi connectivity index (χ1n) is 9.69. The first-order chi connectivity index (χ1) is 15.2. The number of hydrogen-bond acceptors (Lipinski definition) is 3. The van der Waals surface area contributed by atoms with Crippen LogP contribution >= 0.6 is 15.9 Å². The van der Waals surface area contributed by atoms with Gasteiger partial charge in [-0.25, -0.2) is 0 Å². The van der Waals surface area contributed by atoms with Crippen LogP contribution in [0.3, 0.4) is 0 Å². The van der Waals surface area contributed by atoms with Gasteiger partial charge in [0.15, 0.2) is 0 Å². The van der Waals surface area contributed by atoms with Gasteiger partial charge in [-0.3, -0.25) is 0 Å². The van der Waals surface area contributed by atoms with E-state index in [0.29, 0.717) is 17.7 Å². The summed E-state index contributed by atoms with van der Waals surface area (Å²) in [5.41, 5.74) is 3.87. The third kappa shape index (κ3) is 4.67. The molecule has 0 aliphatic carbocycles. The van der Waals surface area contributed by atoms with E-state index in [1.54, 1.807) is 24.3 Å². The highest BCUT2D eigenvalue weighted by atomic mass is 79.9. The van der Waals surface area contributed by atoms with Crippen molar-refractivity contribution in [3.63, 3.8) is 0 Å². The number of allylic oxidation sites excluding steroid dienone is 1. The summed E-state index contributed by atoms with van der Waals surface area (Å²) in [4.78, 5) is 0. The van der Waals surface area contributed by atoms with Crippen LogP contribution in [-0.2, 0) is 6.61 Å². The third-order valence-electron chi connectivity index (χ3n) is 4.98. The van der Waals surface area contributed by atoms with E-state index in [9.17, 15) is 5.26 Å². The number of fused-ring (bicyclic) bond motifs is 1. The topological polar surface area (TPSA) is 56.8 Å². The molecule has 0 fully saturated rings. The van der Waals surface area contributed by atoms with E-state index in [1.807, 2.05) is 42.5 Å². The van der Waals surface area contributed by atoms with E-state index >= 15 is 0 Å². The lowest BCUT2D eigenvalue weighted by atomic mass is 10.0. The maximum absolute atomic E-state index is 9.57. The highest BCUT2D eigenvalue weighted by Crippen LogP contribution is 2.29. The van der Waals surface area contributed by atoms with Gasteiger partial charge in [-0.2, -0.15) is 10.5 Å². The molecular weight excluding hydrogens is 448 g/mol. The summed E-state index contributed by atoms with van der Waals surface area (Å²) in [6, 6.07) is 31.5. The number of nitrogens with zero attached hydrogens (tertiary/aromatic N) is 2. The zero-order chi connectivity index (χ0) is 21.6. The fourth-order valence-corrected chi connectivity index (χ4v) is 3.88. The van der Waals surface area contributed by atoms with Crippen molar-refractivity contribution >= 4 is 38.4 Å². The van der Waals surface area contributed by atoms with Gasteiger partial charge in [0, 0.05) is 0 Å². The number of ether oxygens (including phenoxy) is 1. The van der Waals surface area contributed by atoms with Crippen LogP contribution in [0.1, 0.15) is 22.3 Å². The maximum atomic E-state index is 9.57. The molecule has 31 heavy (non-hydrogen) atoms. The van der Waals surface area contributed by atoms with E-state index in [-0.39, 0.29) is 0 Å². The molecule has 0 aliphatic rings. The predicted octanol–water partition coefficient (Wildman–Crippen LogP) is 7.12. The second-order valence-electron chi connectivity index (χ2n) is 6.98. The molecule has 4 heteroatoms. The van der Waals surface area contributed by atoms with Crippen LogP contribution in [0.2, 0.25) is 0 Å². The highest BCUT2D eigenvalue weighted by Gasteiger charge is 2.07. The van der Waals surface area contributed by atoms with Crippen LogP contribution in [0.25, 0.3) is 22.4 Å². The van der Waals surface area contributed by atoms with Crippen LogP contribution < -0.4 is 4.74 Å². The molecule has 0 saturated carbocycles. The largest absolute Gasteiger partial charge is 0.488 e. The molecule has 0 aliphatic heterocycles. The van der Waals surface area contributed by atoms with Gasteiger partial charge in [0.05, 0.1) is 27.7 Å². The Labute approximate surface area is 189 Å². The second-order valence-corrected chi connectivity index (χ2v) is 7.83. The summed E-state index contributed by atoms with van der Waals surface area (Å²) in [7, 11) is 0. The Morgan fingerprint density at radius 1 is 0.903 bits per heavy atom. The summed E-state index contributed by atoms with van der Waals surface area (Å²) in [6.07, 6.45) is 1.82.